The van der Waals surface area contributed by atoms with E-state index in [2.05, 4.69) is 10.3 Å². The highest BCUT2D eigenvalue weighted by atomic mass is 35.5. The van der Waals surface area contributed by atoms with E-state index in [9.17, 15) is 27.9 Å². The van der Waals surface area contributed by atoms with Crippen molar-refractivity contribution in [2.75, 3.05) is 4.42 Å². The number of guanidine groups is 1. The van der Waals surface area contributed by atoms with Crippen LogP contribution in [0.1, 0.15) is 30.6 Å². The van der Waals surface area contributed by atoms with Crippen LogP contribution in [-0.4, -0.2) is 51.2 Å². The molecule has 0 fully saturated rings. The Morgan fingerprint density at radius 3 is 2.27 bits per heavy atom. The predicted molar refractivity (Wildman–Crippen MR) is 114 cm³/mol. The first kappa shape index (κ1) is 27.4. The maximum absolute atomic E-state index is 12.4. The number of anilines is 1. The molecule has 33 heavy (non-hydrogen) atoms. The second-order valence-corrected chi connectivity index (χ2v) is 7.40. The standard InChI is InChI=1S/C17H20ClN5O3.C2HF3O2/c1-9(2)5-13(16(25)26)22-15(24)10-3-4-12-11(6-10)7-21-8-14(12)23(18)17(19)20;3-2(4,5)1(6)7/h3-4,6-9,13H,5H2,1-2H3,(H3,19,20)(H,22,24)(H,25,26);(H,6,7)/t13-;/m0./s1. The van der Waals surface area contributed by atoms with Gasteiger partial charge in [-0.25, -0.2) is 14.0 Å². The summed E-state index contributed by atoms with van der Waals surface area (Å²) in [6.45, 7) is 3.77. The molecule has 2 aromatic rings. The summed E-state index contributed by atoms with van der Waals surface area (Å²) in [5.41, 5.74) is 6.10. The van der Waals surface area contributed by atoms with Crippen LogP contribution in [0, 0.1) is 11.3 Å². The Morgan fingerprint density at radius 1 is 1.24 bits per heavy atom. The minimum absolute atomic E-state index is 0.126. The number of benzene rings is 1. The molecule has 10 nitrogen and oxygen atoms in total. The van der Waals surface area contributed by atoms with E-state index >= 15 is 0 Å². The normalized spacial score (nSPS) is 11.8. The molecule has 1 amide bonds. The van der Waals surface area contributed by atoms with Crippen LogP contribution in [0.2, 0.25) is 0 Å². The Kier molecular flexibility index (Phi) is 9.40. The largest absolute Gasteiger partial charge is 0.490 e. The number of aliphatic carboxylic acids is 2. The highest BCUT2D eigenvalue weighted by Crippen LogP contribution is 2.27. The molecule has 0 saturated heterocycles. The molecule has 14 heteroatoms. The number of carboxylic acids is 2. The summed E-state index contributed by atoms with van der Waals surface area (Å²) in [4.78, 5) is 36.7. The van der Waals surface area contributed by atoms with Crippen molar-refractivity contribution < 1.29 is 37.8 Å². The first-order valence-electron chi connectivity index (χ1n) is 9.16. The Morgan fingerprint density at radius 2 is 1.82 bits per heavy atom. The molecular formula is C19H21ClF3N5O5. The molecule has 0 aliphatic rings. The molecule has 1 heterocycles. The average Bonchev–Trinajstić information content (AvgIpc) is 2.71. The fourth-order valence-corrected chi connectivity index (χ4v) is 2.66. The number of nitrogens with zero attached hydrogens (tertiary/aromatic N) is 2. The number of carbonyl (C=O) groups is 3. The van der Waals surface area contributed by atoms with E-state index in [4.69, 9.17) is 32.8 Å². The van der Waals surface area contributed by atoms with Gasteiger partial charge in [-0.3, -0.25) is 15.2 Å². The number of pyridine rings is 1. The van der Waals surface area contributed by atoms with Crippen LogP contribution in [0.25, 0.3) is 10.8 Å². The minimum Gasteiger partial charge on any atom is -0.480 e. The first-order chi connectivity index (χ1) is 15.1. The summed E-state index contributed by atoms with van der Waals surface area (Å²) in [7, 11) is 0. The Balaban J connectivity index is 0.000000675. The maximum atomic E-state index is 12.4. The topological polar surface area (TPSA) is 170 Å². The smallest absolute Gasteiger partial charge is 0.480 e. The molecule has 0 radical (unpaired) electrons. The van der Waals surface area contributed by atoms with E-state index in [0.717, 1.165) is 4.42 Å². The summed E-state index contributed by atoms with van der Waals surface area (Å²) >= 11 is 5.97. The van der Waals surface area contributed by atoms with Crippen molar-refractivity contribution in [2.24, 2.45) is 11.7 Å². The molecule has 0 aliphatic carbocycles. The van der Waals surface area contributed by atoms with Crippen molar-refractivity contribution in [3.8, 4) is 0 Å². The van der Waals surface area contributed by atoms with Gasteiger partial charge in [0.05, 0.1) is 11.9 Å². The van der Waals surface area contributed by atoms with Gasteiger partial charge in [0, 0.05) is 34.3 Å². The zero-order valence-electron chi connectivity index (χ0n) is 17.4. The molecule has 1 aromatic heterocycles. The number of alkyl halides is 3. The molecule has 2 rings (SSSR count). The lowest BCUT2D eigenvalue weighted by Gasteiger charge is -2.17. The van der Waals surface area contributed by atoms with Crippen molar-refractivity contribution in [2.45, 2.75) is 32.5 Å². The van der Waals surface area contributed by atoms with Gasteiger partial charge in [0.15, 0.2) is 0 Å². The Bertz CT molecular complexity index is 1050. The molecule has 0 aliphatic heterocycles. The van der Waals surface area contributed by atoms with Crippen LogP contribution < -0.4 is 15.5 Å². The van der Waals surface area contributed by atoms with Crippen LogP contribution in [0.4, 0.5) is 18.9 Å². The number of halogens is 4. The summed E-state index contributed by atoms with van der Waals surface area (Å²) in [6, 6.07) is 3.83. The molecule has 180 valence electrons. The molecule has 0 unspecified atom stereocenters. The molecule has 0 bridgehead atoms. The number of amides is 1. The molecule has 0 saturated carbocycles. The zero-order chi connectivity index (χ0) is 25.5. The van der Waals surface area contributed by atoms with Gasteiger partial charge in [-0.1, -0.05) is 19.9 Å². The van der Waals surface area contributed by atoms with Crippen molar-refractivity contribution in [1.29, 1.82) is 5.41 Å². The monoisotopic (exact) mass is 491 g/mol. The van der Waals surface area contributed by atoms with Crippen LogP contribution in [0.5, 0.6) is 0 Å². The maximum Gasteiger partial charge on any atom is 0.490 e. The Hall–Kier alpha value is -3.61. The minimum atomic E-state index is -5.08. The Labute approximate surface area is 190 Å². The zero-order valence-corrected chi connectivity index (χ0v) is 18.1. The van der Waals surface area contributed by atoms with Gasteiger partial charge in [0.25, 0.3) is 5.91 Å². The fourth-order valence-electron chi connectivity index (χ4n) is 2.52. The summed E-state index contributed by atoms with van der Waals surface area (Å²) in [5.74, 6) is -4.55. The van der Waals surface area contributed by atoms with Gasteiger partial charge in [-0.15, -0.1) is 0 Å². The van der Waals surface area contributed by atoms with Crippen LogP contribution in [-0.2, 0) is 9.59 Å². The lowest BCUT2D eigenvalue weighted by atomic mass is 10.0. The third kappa shape index (κ3) is 8.11. The van der Waals surface area contributed by atoms with Gasteiger partial charge in [-0.2, -0.15) is 13.2 Å². The molecular weight excluding hydrogens is 471 g/mol. The van der Waals surface area contributed by atoms with Gasteiger partial charge in [0.2, 0.25) is 5.96 Å². The molecule has 0 spiro atoms. The quantitative estimate of drug-likeness (QED) is 0.233. The number of hydrogen-bond donors (Lipinski definition) is 5. The number of rotatable bonds is 6. The van der Waals surface area contributed by atoms with E-state index in [1.54, 1.807) is 24.4 Å². The second kappa shape index (κ2) is 11.3. The third-order valence-electron chi connectivity index (χ3n) is 3.98. The number of fused-ring (bicyclic) bond motifs is 1. The van der Waals surface area contributed by atoms with Gasteiger partial charge < -0.3 is 21.3 Å². The van der Waals surface area contributed by atoms with Crippen LogP contribution in [0.3, 0.4) is 0 Å². The van der Waals surface area contributed by atoms with Crippen molar-refractivity contribution in [3.05, 3.63) is 36.2 Å². The number of nitrogens with one attached hydrogen (secondary N) is 2. The summed E-state index contributed by atoms with van der Waals surface area (Å²) in [6.07, 6.45) is -1.75. The lowest BCUT2D eigenvalue weighted by Crippen LogP contribution is -2.41. The molecule has 6 N–H and O–H groups in total. The van der Waals surface area contributed by atoms with E-state index in [1.165, 1.54) is 6.20 Å². The van der Waals surface area contributed by atoms with Crippen molar-refractivity contribution in [3.63, 3.8) is 0 Å². The summed E-state index contributed by atoms with van der Waals surface area (Å²) < 4.78 is 32.7. The van der Waals surface area contributed by atoms with Crippen molar-refractivity contribution >= 4 is 52.0 Å². The molecule has 1 atom stereocenters. The third-order valence-corrected chi connectivity index (χ3v) is 4.34. The number of nitrogens with two attached hydrogens (primary N) is 1. The highest BCUT2D eigenvalue weighted by Gasteiger charge is 2.38. The average molecular weight is 492 g/mol. The van der Waals surface area contributed by atoms with Crippen LogP contribution >= 0.6 is 11.8 Å². The first-order valence-corrected chi connectivity index (χ1v) is 9.50. The van der Waals surface area contributed by atoms with Gasteiger partial charge in [0.1, 0.15) is 6.04 Å². The van der Waals surface area contributed by atoms with Gasteiger partial charge in [-0.05, 0) is 24.5 Å². The van der Waals surface area contributed by atoms with E-state index < -0.39 is 30.1 Å². The lowest BCUT2D eigenvalue weighted by molar-refractivity contribution is -0.192. The van der Waals surface area contributed by atoms with Crippen molar-refractivity contribution in [1.82, 2.24) is 10.3 Å². The second-order valence-electron chi connectivity index (χ2n) is 7.06. The number of hydrogen-bond acceptors (Lipinski definition) is 5. The number of carbonyl (C=O) groups excluding carboxylic acids is 1. The predicted octanol–water partition coefficient (Wildman–Crippen LogP) is 2.95. The molecule has 1 aromatic carbocycles. The number of aromatic nitrogens is 1. The van der Waals surface area contributed by atoms with E-state index in [0.29, 0.717) is 28.4 Å². The number of carboxylic acid groups (broad SMARTS) is 2. The summed E-state index contributed by atoms with van der Waals surface area (Å²) in [5, 5.41) is 27.6. The van der Waals surface area contributed by atoms with E-state index in [-0.39, 0.29) is 11.9 Å². The van der Waals surface area contributed by atoms with E-state index in [1.807, 2.05) is 13.8 Å². The SMILES string of the molecule is CC(C)C[C@H](NC(=O)c1ccc2c(N(Cl)C(=N)N)cncc2c1)C(=O)O.O=C(O)C(F)(F)F. The van der Waals surface area contributed by atoms with Gasteiger partial charge >= 0.3 is 18.1 Å². The van der Waals surface area contributed by atoms with Crippen LogP contribution in [0.15, 0.2) is 30.6 Å². The fraction of sp³-hybridized carbons (Fsp3) is 0.316. The highest BCUT2D eigenvalue weighted by molar-refractivity contribution is 6.38.